The molecule has 1 N–H and O–H groups in total. The Morgan fingerprint density at radius 3 is 2.46 bits per heavy atom. The molecule has 0 atom stereocenters. The van der Waals surface area contributed by atoms with E-state index >= 15 is 0 Å². The first-order valence-corrected chi connectivity index (χ1v) is 12.1. The molecule has 2 aromatic carbocycles. The molecule has 0 aliphatic rings. The number of hydrogen-bond donors (Lipinski definition) is 1. The molecule has 4 rings (SSSR count). The van der Waals surface area contributed by atoms with E-state index in [0.29, 0.717) is 28.5 Å². The maximum Gasteiger partial charge on any atom is 0.244 e. The van der Waals surface area contributed by atoms with Crippen LogP contribution in [0.5, 0.6) is 23.1 Å². The highest BCUT2D eigenvalue weighted by Crippen LogP contribution is 2.32. The van der Waals surface area contributed by atoms with E-state index in [2.05, 4.69) is 20.0 Å². The average molecular weight is 500 g/mol. The molecule has 184 valence electrons. The monoisotopic (exact) mass is 499 g/mol. The molecule has 0 saturated carbocycles. The van der Waals surface area contributed by atoms with Gasteiger partial charge < -0.3 is 18.9 Å². The summed E-state index contributed by atoms with van der Waals surface area (Å²) in [5, 5.41) is 12.8. The number of benzene rings is 2. The lowest BCUT2D eigenvalue weighted by Gasteiger charge is -2.12. The summed E-state index contributed by atoms with van der Waals surface area (Å²) in [5.74, 6) is 2.19. The van der Waals surface area contributed by atoms with E-state index in [1.807, 2.05) is 6.92 Å². The third-order valence-electron chi connectivity index (χ3n) is 5.14. The van der Waals surface area contributed by atoms with Crippen molar-refractivity contribution in [3.05, 3.63) is 54.1 Å². The Hall–Kier alpha value is -3.90. The molecule has 4 aromatic rings. The van der Waals surface area contributed by atoms with Gasteiger partial charge in [0.25, 0.3) is 0 Å². The van der Waals surface area contributed by atoms with Crippen LogP contribution < -0.4 is 23.7 Å². The normalized spacial score (nSPS) is 11.4. The highest BCUT2D eigenvalue weighted by molar-refractivity contribution is 7.89. The number of sulfonamides is 1. The van der Waals surface area contributed by atoms with Gasteiger partial charge in [-0.2, -0.15) is 4.52 Å². The molecule has 0 spiro atoms. The van der Waals surface area contributed by atoms with E-state index in [0.717, 1.165) is 5.56 Å². The maximum atomic E-state index is 12.7. The predicted octanol–water partition coefficient (Wildman–Crippen LogP) is 2.48. The fourth-order valence-corrected chi connectivity index (χ4v) is 4.67. The maximum absolute atomic E-state index is 12.7. The molecule has 0 radical (unpaired) electrons. The van der Waals surface area contributed by atoms with Crippen LogP contribution in [0.3, 0.4) is 0 Å². The van der Waals surface area contributed by atoms with Crippen LogP contribution in [0.1, 0.15) is 5.56 Å². The lowest BCUT2D eigenvalue weighted by Crippen LogP contribution is -2.28. The number of fused-ring (bicyclic) bond motifs is 1. The first-order chi connectivity index (χ1) is 16.9. The molecule has 0 fully saturated rings. The van der Waals surface area contributed by atoms with E-state index in [1.54, 1.807) is 62.8 Å². The van der Waals surface area contributed by atoms with Gasteiger partial charge in [0, 0.05) is 18.7 Å². The highest BCUT2D eigenvalue weighted by Gasteiger charge is 2.20. The Morgan fingerprint density at radius 2 is 1.71 bits per heavy atom. The van der Waals surface area contributed by atoms with Gasteiger partial charge in [-0.15, -0.1) is 15.3 Å². The zero-order chi connectivity index (χ0) is 25.0. The van der Waals surface area contributed by atoms with E-state index in [-0.39, 0.29) is 29.7 Å². The van der Waals surface area contributed by atoms with Gasteiger partial charge in [-0.1, -0.05) is 6.07 Å². The number of nitrogens with zero attached hydrogens (tertiary/aromatic N) is 4. The Bertz CT molecular complexity index is 1450. The summed E-state index contributed by atoms with van der Waals surface area (Å²) in [4.78, 5) is 0.0714. The topological polar surface area (TPSA) is 126 Å². The van der Waals surface area contributed by atoms with Crippen molar-refractivity contribution >= 4 is 15.7 Å². The van der Waals surface area contributed by atoms with Crippen molar-refractivity contribution in [1.82, 2.24) is 24.5 Å². The minimum Gasteiger partial charge on any atom is -0.497 e. The van der Waals surface area contributed by atoms with E-state index in [9.17, 15) is 8.42 Å². The number of aryl methyl sites for hydroxylation is 1. The molecule has 2 heterocycles. The Morgan fingerprint density at radius 1 is 0.914 bits per heavy atom. The minimum atomic E-state index is -3.79. The van der Waals surface area contributed by atoms with Crippen LogP contribution in [0, 0.1) is 6.92 Å². The number of hydrogen-bond acceptors (Lipinski definition) is 9. The molecular weight excluding hydrogens is 474 g/mol. The molecule has 11 nitrogen and oxygen atoms in total. The van der Waals surface area contributed by atoms with Crippen LogP contribution in [0.2, 0.25) is 0 Å². The van der Waals surface area contributed by atoms with Crippen LogP contribution in [0.15, 0.2) is 53.4 Å². The summed E-state index contributed by atoms with van der Waals surface area (Å²) in [5.41, 5.74) is 1.99. The van der Waals surface area contributed by atoms with Crippen molar-refractivity contribution in [2.75, 3.05) is 34.5 Å². The Balaban J connectivity index is 1.48. The second kappa shape index (κ2) is 10.2. The van der Waals surface area contributed by atoms with Crippen LogP contribution in [-0.4, -0.2) is 62.7 Å². The highest BCUT2D eigenvalue weighted by atomic mass is 32.2. The fraction of sp³-hybridized carbons (Fsp3) is 0.261. The second-order valence-electron chi connectivity index (χ2n) is 7.43. The number of methoxy groups -OCH3 is 3. The molecule has 0 aliphatic heterocycles. The third kappa shape index (κ3) is 5.12. The summed E-state index contributed by atoms with van der Waals surface area (Å²) in [6.07, 6.45) is 0. The predicted molar refractivity (Wildman–Crippen MR) is 128 cm³/mol. The molecule has 0 bridgehead atoms. The summed E-state index contributed by atoms with van der Waals surface area (Å²) >= 11 is 0. The van der Waals surface area contributed by atoms with Crippen molar-refractivity contribution in [3.8, 4) is 34.5 Å². The lowest BCUT2D eigenvalue weighted by molar-refractivity contribution is 0.305. The van der Waals surface area contributed by atoms with Gasteiger partial charge in [-0.3, -0.25) is 0 Å². The van der Waals surface area contributed by atoms with Crippen molar-refractivity contribution in [3.63, 3.8) is 0 Å². The van der Waals surface area contributed by atoms with Crippen LogP contribution in [-0.2, 0) is 10.0 Å². The molecule has 0 unspecified atom stereocenters. The van der Waals surface area contributed by atoms with E-state index in [1.165, 1.54) is 11.6 Å². The van der Waals surface area contributed by atoms with Gasteiger partial charge in [-0.25, -0.2) is 13.1 Å². The first-order valence-electron chi connectivity index (χ1n) is 10.6. The minimum absolute atomic E-state index is 0.0283. The Kier molecular flexibility index (Phi) is 7.03. The van der Waals surface area contributed by atoms with Gasteiger partial charge in [0.2, 0.25) is 15.9 Å². The first kappa shape index (κ1) is 24.2. The SMILES string of the molecule is COc1ccc(-c2nnc3ccc(OCCNS(=O)(=O)c4cc(C)ccc4OC)nn23)c(OC)c1. The molecular formula is C23H25N5O6S. The summed E-state index contributed by atoms with van der Waals surface area (Å²) in [6.45, 7) is 1.89. The average Bonchev–Trinajstić information content (AvgIpc) is 3.29. The van der Waals surface area contributed by atoms with Crippen LogP contribution >= 0.6 is 0 Å². The van der Waals surface area contributed by atoms with Gasteiger partial charge in [0.15, 0.2) is 11.5 Å². The number of nitrogens with one attached hydrogen (secondary N) is 1. The standard InChI is InChI=1S/C23H25N5O6S/c1-15-5-8-18(32-3)20(13-15)35(29,30)24-11-12-34-22-10-9-21-25-26-23(28(21)27-22)17-7-6-16(31-2)14-19(17)33-4/h5-10,13-14,24H,11-12H2,1-4H3. The molecule has 0 aliphatic carbocycles. The molecule has 12 heteroatoms. The zero-order valence-corrected chi connectivity index (χ0v) is 20.5. The number of rotatable bonds is 10. The second-order valence-corrected chi connectivity index (χ2v) is 9.17. The summed E-state index contributed by atoms with van der Waals surface area (Å²) in [7, 11) is 0.765. The van der Waals surface area contributed by atoms with Gasteiger partial charge in [-0.05, 0) is 42.8 Å². The fourth-order valence-electron chi connectivity index (χ4n) is 3.40. The number of ether oxygens (including phenoxy) is 4. The molecule has 0 saturated heterocycles. The van der Waals surface area contributed by atoms with Crippen molar-refractivity contribution in [2.24, 2.45) is 0 Å². The summed E-state index contributed by atoms with van der Waals surface area (Å²) in [6, 6.07) is 13.6. The third-order valence-corrected chi connectivity index (χ3v) is 6.62. The molecule has 2 aromatic heterocycles. The molecule has 35 heavy (non-hydrogen) atoms. The summed E-state index contributed by atoms with van der Waals surface area (Å²) < 4.78 is 51.1. The lowest BCUT2D eigenvalue weighted by atomic mass is 10.2. The van der Waals surface area contributed by atoms with E-state index in [4.69, 9.17) is 18.9 Å². The van der Waals surface area contributed by atoms with Gasteiger partial charge in [0.05, 0.1) is 26.9 Å². The van der Waals surface area contributed by atoms with Crippen molar-refractivity contribution in [2.45, 2.75) is 11.8 Å². The zero-order valence-electron chi connectivity index (χ0n) is 19.7. The van der Waals surface area contributed by atoms with Crippen LogP contribution in [0.4, 0.5) is 0 Å². The van der Waals surface area contributed by atoms with Crippen LogP contribution in [0.25, 0.3) is 17.0 Å². The van der Waals surface area contributed by atoms with Gasteiger partial charge in [0.1, 0.15) is 28.8 Å². The Labute approximate surface area is 202 Å². The van der Waals surface area contributed by atoms with Gasteiger partial charge >= 0.3 is 0 Å². The van der Waals surface area contributed by atoms with Crippen molar-refractivity contribution < 1.29 is 27.4 Å². The molecule has 0 amide bonds. The number of aromatic nitrogens is 4. The quantitative estimate of drug-likeness (QED) is 0.328. The smallest absolute Gasteiger partial charge is 0.244 e. The largest absolute Gasteiger partial charge is 0.497 e. The van der Waals surface area contributed by atoms with E-state index < -0.39 is 10.0 Å². The van der Waals surface area contributed by atoms with Crippen molar-refractivity contribution in [1.29, 1.82) is 0 Å².